The molecule has 1 aliphatic rings. The van der Waals surface area contributed by atoms with Gasteiger partial charge in [0.1, 0.15) is 11.3 Å². The maximum Gasteiger partial charge on any atom is 0.259 e. The van der Waals surface area contributed by atoms with E-state index in [2.05, 4.69) is 17.4 Å². The molecule has 1 amide bonds. The number of carbonyl (C=O) groups is 1. The summed E-state index contributed by atoms with van der Waals surface area (Å²) in [6, 6.07) is 0. The van der Waals surface area contributed by atoms with E-state index in [1.165, 1.54) is 0 Å². The minimum absolute atomic E-state index is 0.0457. The van der Waals surface area contributed by atoms with E-state index < -0.39 is 0 Å². The molecule has 1 fully saturated rings. The monoisotopic (exact) mass is 251 g/mol. The van der Waals surface area contributed by atoms with Crippen molar-refractivity contribution in [3.8, 4) is 0 Å². The van der Waals surface area contributed by atoms with Gasteiger partial charge < -0.3 is 14.7 Å². The number of nitrogens with zero attached hydrogens (tertiary/aromatic N) is 2. The first-order chi connectivity index (χ1) is 8.47. The van der Waals surface area contributed by atoms with Gasteiger partial charge in [-0.1, -0.05) is 5.16 Å². The van der Waals surface area contributed by atoms with Crippen LogP contribution in [0.2, 0.25) is 0 Å². The van der Waals surface area contributed by atoms with Crippen LogP contribution in [-0.4, -0.2) is 41.6 Å². The van der Waals surface area contributed by atoms with E-state index in [0.717, 1.165) is 25.9 Å². The lowest BCUT2D eigenvalue weighted by molar-refractivity contribution is 0.0659. The van der Waals surface area contributed by atoms with E-state index in [-0.39, 0.29) is 11.4 Å². The molecule has 1 saturated heterocycles. The predicted molar refractivity (Wildman–Crippen MR) is 68.6 cm³/mol. The van der Waals surface area contributed by atoms with Crippen LogP contribution >= 0.6 is 0 Å². The highest BCUT2D eigenvalue weighted by Gasteiger charge is 2.32. The van der Waals surface area contributed by atoms with Crippen molar-refractivity contribution in [2.75, 3.05) is 20.1 Å². The molecule has 0 bridgehead atoms. The number of aryl methyl sites for hydroxylation is 2. The second-order valence-corrected chi connectivity index (χ2v) is 5.30. The topological polar surface area (TPSA) is 58.4 Å². The second kappa shape index (κ2) is 4.72. The van der Waals surface area contributed by atoms with Crippen LogP contribution in [0.15, 0.2) is 4.52 Å². The molecule has 100 valence electrons. The number of hydrogen-bond donors (Lipinski definition) is 1. The Morgan fingerprint density at radius 3 is 2.44 bits per heavy atom. The first-order valence-corrected chi connectivity index (χ1v) is 6.38. The van der Waals surface area contributed by atoms with Gasteiger partial charge in [-0.25, -0.2) is 0 Å². The predicted octanol–water partition coefficient (Wildman–Crippen LogP) is 1.51. The Labute approximate surface area is 108 Å². The van der Waals surface area contributed by atoms with Gasteiger partial charge in [-0.3, -0.25) is 4.79 Å². The minimum Gasteiger partial charge on any atom is -0.361 e. The average Bonchev–Trinajstić information content (AvgIpc) is 2.69. The molecule has 0 aliphatic carbocycles. The molecule has 5 nitrogen and oxygen atoms in total. The van der Waals surface area contributed by atoms with E-state index in [1.54, 1.807) is 6.92 Å². The molecule has 0 spiro atoms. The minimum atomic E-state index is 0.0457. The smallest absolute Gasteiger partial charge is 0.259 e. The number of likely N-dealkylation sites (tertiary alicyclic amines) is 1. The van der Waals surface area contributed by atoms with Gasteiger partial charge in [0.15, 0.2) is 0 Å². The fraction of sp³-hybridized carbons (Fsp3) is 0.692. The van der Waals surface area contributed by atoms with Crippen molar-refractivity contribution in [1.82, 2.24) is 15.4 Å². The van der Waals surface area contributed by atoms with Crippen molar-refractivity contribution >= 4 is 5.91 Å². The van der Waals surface area contributed by atoms with E-state index in [1.807, 2.05) is 18.9 Å². The Balaban J connectivity index is 2.09. The summed E-state index contributed by atoms with van der Waals surface area (Å²) >= 11 is 0. The Hall–Kier alpha value is -1.36. The number of amides is 1. The third-order valence-electron chi connectivity index (χ3n) is 4.00. The lowest BCUT2D eigenvalue weighted by atomic mass is 9.89. The van der Waals surface area contributed by atoms with Crippen LogP contribution in [0.4, 0.5) is 0 Å². The first-order valence-electron chi connectivity index (χ1n) is 6.38. The van der Waals surface area contributed by atoms with E-state index >= 15 is 0 Å². The van der Waals surface area contributed by atoms with Crippen LogP contribution in [0, 0.1) is 13.8 Å². The summed E-state index contributed by atoms with van der Waals surface area (Å²) in [6.07, 6.45) is 1.94. The van der Waals surface area contributed by atoms with Crippen LogP contribution in [0.3, 0.4) is 0 Å². The molecule has 0 aromatic carbocycles. The molecule has 1 N–H and O–H groups in total. The highest BCUT2D eigenvalue weighted by Crippen LogP contribution is 2.24. The van der Waals surface area contributed by atoms with Crippen molar-refractivity contribution in [2.45, 2.75) is 39.2 Å². The number of aromatic nitrogens is 1. The molecule has 18 heavy (non-hydrogen) atoms. The number of hydrogen-bond acceptors (Lipinski definition) is 4. The van der Waals surface area contributed by atoms with Gasteiger partial charge in [0.05, 0.1) is 5.69 Å². The summed E-state index contributed by atoms with van der Waals surface area (Å²) in [4.78, 5) is 14.3. The van der Waals surface area contributed by atoms with Crippen LogP contribution in [0.25, 0.3) is 0 Å². The van der Waals surface area contributed by atoms with Gasteiger partial charge in [-0.2, -0.15) is 0 Å². The number of rotatable bonds is 2. The lowest BCUT2D eigenvalue weighted by Gasteiger charge is -2.39. The first kappa shape index (κ1) is 13.1. The number of carbonyl (C=O) groups excluding carboxylic acids is 1. The number of piperidine rings is 1. The Morgan fingerprint density at radius 1 is 1.39 bits per heavy atom. The average molecular weight is 251 g/mol. The van der Waals surface area contributed by atoms with Crippen molar-refractivity contribution in [3.63, 3.8) is 0 Å². The lowest BCUT2D eigenvalue weighted by Crippen LogP contribution is -2.51. The van der Waals surface area contributed by atoms with Gasteiger partial charge >= 0.3 is 0 Å². The molecule has 1 aromatic rings. The van der Waals surface area contributed by atoms with E-state index in [9.17, 15) is 4.79 Å². The summed E-state index contributed by atoms with van der Waals surface area (Å²) in [5.41, 5.74) is 1.46. The Kier molecular flexibility index (Phi) is 3.43. The Morgan fingerprint density at radius 2 is 2.00 bits per heavy atom. The molecule has 1 aromatic heterocycles. The fourth-order valence-electron chi connectivity index (χ4n) is 2.40. The standard InChI is InChI=1S/C13H21N3O2/c1-9-11(10(2)18-15-9)12(17)16-7-5-13(3,14-4)6-8-16/h14H,5-8H2,1-4H3. The highest BCUT2D eigenvalue weighted by atomic mass is 16.5. The van der Waals surface area contributed by atoms with Gasteiger partial charge in [-0.05, 0) is 40.7 Å². The summed E-state index contributed by atoms with van der Waals surface area (Å²) in [5, 5.41) is 7.17. The molecular formula is C13H21N3O2. The molecule has 0 radical (unpaired) electrons. The summed E-state index contributed by atoms with van der Waals surface area (Å²) in [6.45, 7) is 7.35. The van der Waals surface area contributed by atoms with Crippen LogP contribution in [0.1, 0.15) is 41.6 Å². The quantitative estimate of drug-likeness (QED) is 0.865. The van der Waals surface area contributed by atoms with Crippen LogP contribution in [0.5, 0.6) is 0 Å². The Bertz CT molecular complexity index is 426. The normalized spacial score (nSPS) is 19.0. The van der Waals surface area contributed by atoms with Crippen molar-refractivity contribution < 1.29 is 9.32 Å². The molecule has 0 saturated carbocycles. The zero-order chi connectivity index (χ0) is 13.3. The van der Waals surface area contributed by atoms with Gasteiger partial charge in [-0.15, -0.1) is 0 Å². The van der Waals surface area contributed by atoms with Crippen molar-refractivity contribution in [3.05, 3.63) is 17.0 Å². The maximum absolute atomic E-state index is 12.4. The molecule has 1 aliphatic heterocycles. The van der Waals surface area contributed by atoms with E-state index in [0.29, 0.717) is 17.0 Å². The summed E-state index contributed by atoms with van der Waals surface area (Å²) in [7, 11) is 1.98. The fourth-order valence-corrected chi connectivity index (χ4v) is 2.40. The third-order valence-corrected chi connectivity index (χ3v) is 4.00. The van der Waals surface area contributed by atoms with Crippen LogP contribution in [-0.2, 0) is 0 Å². The van der Waals surface area contributed by atoms with Crippen molar-refractivity contribution in [1.29, 1.82) is 0 Å². The largest absolute Gasteiger partial charge is 0.361 e. The van der Waals surface area contributed by atoms with Gasteiger partial charge in [0.25, 0.3) is 5.91 Å². The van der Waals surface area contributed by atoms with E-state index in [4.69, 9.17) is 4.52 Å². The summed E-state index contributed by atoms with van der Waals surface area (Å²) in [5.74, 6) is 0.656. The van der Waals surface area contributed by atoms with Crippen molar-refractivity contribution in [2.24, 2.45) is 0 Å². The van der Waals surface area contributed by atoms with Gasteiger partial charge in [0.2, 0.25) is 0 Å². The molecule has 0 atom stereocenters. The number of nitrogens with one attached hydrogen (secondary N) is 1. The zero-order valence-corrected chi connectivity index (χ0v) is 11.5. The van der Waals surface area contributed by atoms with Crippen LogP contribution < -0.4 is 5.32 Å². The maximum atomic E-state index is 12.4. The third kappa shape index (κ3) is 2.27. The zero-order valence-electron chi connectivity index (χ0n) is 11.5. The summed E-state index contributed by atoms with van der Waals surface area (Å²) < 4.78 is 5.06. The molecule has 2 rings (SSSR count). The highest BCUT2D eigenvalue weighted by molar-refractivity contribution is 5.96. The second-order valence-electron chi connectivity index (χ2n) is 5.30. The molecule has 0 unspecified atom stereocenters. The molecule has 2 heterocycles. The molecular weight excluding hydrogens is 230 g/mol. The molecule has 5 heteroatoms. The van der Waals surface area contributed by atoms with Gasteiger partial charge in [0, 0.05) is 18.6 Å². The SMILES string of the molecule is CNC1(C)CCN(C(=O)c2c(C)noc2C)CC1.